The summed E-state index contributed by atoms with van der Waals surface area (Å²) in [6.45, 7) is 7.30. The lowest BCUT2D eigenvalue weighted by molar-refractivity contribution is -0.384. The number of halogens is 1. The van der Waals surface area contributed by atoms with Crippen LogP contribution in [0.4, 0.5) is 11.5 Å². The number of carbonyl (C=O) groups excluding carboxylic acids is 1. The lowest BCUT2D eigenvalue weighted by Gasteiger charge is -2.24. The molecular formula is C19H27ClN4O7S. The van der Waals surface area contributed by atoms with Crippen molar-refractivity contribution in [1.82, 2.24) is 9.97 Å². The van der Waals surface area contributed by atoms with Crippen LogP contribution in [0.25, 0.3) is 0 Å². The fourth-order valence-corrected chi connectivity index (χ4v) is 4.71. The van der Waals surface area contributed by atoms with Gasteiger partial charge in [0.2, 0.25) is 11.0 Å². The zero-order chi connectivity index (χ0) is 23.5. The van der Waals surface area contributed by atoms with Crippen LogP contribution >= 0.6 is 23.4 Å². The molecule has 4 atom stereocenters. The molecule has 3 rings (SSSR count). The molecule has 1 unspecified atom stereocenters. The number of aromatic nitrogens is 2. The smallest absolute Gasteiger partial charge is 0.348 e. The molecule has 0 aromatic carbocycles. The van der Waals surface area contributed by atoms with Gasteiger partial charge in [0.05, 0.1) is 23.7 Å². The van der Waals surface area contributed by atoms with Crippen LogP contribution in [0.1, 0.15) is 40.5 Å². The Labute approximate surface area is 195 Å². The molecule has 2 heterocycles. The van der Waals surface area contributed by atoms with E-state index in [0.29, 0.717) is 11.6 Å². The second-order valence-electron chi connectivity index (χ2n) is 7.81. The Bertz CT molecular complexity index is 859. The highest BCUT2D eigenvalue weighted by molar-refractivity contribution is 7.99. The maximum atomic E-state index is 11.7. The molecule has 1 saturated carbocycles. The van der Waals surface area contributed by atoms with Crippen molar-refractivity contribution in [2.75, 3.05) is 24.3 Å². The summed E-state index contributed by atoms with van der Waals surface area (Å²) in [6, 6.07) is -0.428. The Morgan fingerprint density at radius 2 is 2.06 bits per heavy atom. The second-order valence-corrected chi connectivity index (χ2v) is 9.23. The molecule has 2 fully saturated rings. The van der Waals surface area contributed by atoms with Gasteiger partial charge in [-0.2, -0.15) is 4.98 Å². The molecule has 1 saturated heterocycles. The predicted octanol–water partition coefficient (Wildman–Crippen LogP) is 3.19. The van der Waals surface area contributed by atoms with E-state index in [9.17, 15) is 14.9 Å². The monoisotopic (exact) mass is 490 g/mol. The van der Waals surface area contributed by atoms with Crippen LogP contribution in [-0.4, -0.2) is 70.0 Å². The molecule has 1 aliphatic carbocycles. The van der Waals surface area contributed by atoms with Crippen LogP contribution in [0.2, 0.25) is 5.15 Å². The van der Waals surface area contributed by atoms with Crippen LogP contribution in [0.15, 0.2) is 5.16 Å². The number of fused-ring (bicyclic) bond motifs is 1. The maximum absolute atomic E-state index is 11.7. The van der Waals surface area contributed by atoms with Crippen molar-refractivity contribution in [2.24, 2.45) is 0 Å². The van der Waals surface area contributed by atoms with E-state index in [2.05, 4.69) is 15.3 Å². The van der Waals surface area contributed by atoms with Gasteiger partial charge in [-0.1, -0.05) is 30.3 Å². The van der Waals surface area contributed by atoms with E-state index in [0.717, 1.165) is 12.2 Å². The fourth-order valence-electron chi connectivity index (χ4n) is 3.72. The third kappa shape index (κ3) is 5.79. The molecule has 0 radical (unpaired) electrons. The van der Waals surface area contributed by atoms with E-state index in [4.69, 9.17) is 30.5 Å². The van der Waals surface area contributed by atoms with Crippen molar-refractivity contribution in [2.45, 2.75) is 75.8 Å². The van der Waals surface area contributed by atoms with Gasteiger partial charge in [0.15, 0.2) is 10.9 Å². The number of anilines is 1. The van der Waals surface area contributed by atoms with Gasteiger partial charge >= 0.3 is 11.7 Å². The van der Waals surface area contributed by atoms with Gasteiger partial charge in [0.25, 0.3) is 0 Å². The molecule has 32 heavy (non-hydrogen) atoms. The van der Waals surface area contributed by atoms with Crippen molar-refractivity contribution in [3.63, 3.8) is 0 Å². The molecule has 1 N–H and O–H groups in total. The summed E-state index contributed by atoms with van der Waals surface area (Å²) in [5.41, 5.74) is -0.405. The third-order valence-corrected chi connectivity index (χ3v) is 6.21. The van der Waals surface area contributed by atoms with Gasteiger partial charge < -0.3 is 24.3 Å². The Morgan fingerprint density at radius 1 is 1.34 bits per heavy atom. The van der Waals surface area contributed by atoms with Gasteiger partial charge in [0, 0.05) is 5.75 Å². The highest BCUT2D eigenvalue weighted by Crippen LogP contribution is 2.42. The van der Waals surface area contributed by atoms with Crippen LogP contribution in [0, 0.1) is 10.1 Å². The first-order valence-corrected chi connectivity index (χ1v) is 11.8. The SMILES string of the molecule is CCCSc1nc(Cl)c([N+](=O)[O-])c(NC2C[C@H](OCC(=O)OCC)[C@H]3OC(C)(C)O[C@@H]23)n1. The van der Waals surface area contributed by atoms with Crippen LogP contribution in [-0.2, 0) is 23.7 Å². The molecule has 11 nitrogen and oxygen atoms in total. The first-order valence-electron chi connectivity index (χ1n) is 10.4. The largest absolute Gasteiger partial charge is 0.464 e. The van der Waals surface area contributed by atoms with E-state index in [1.807, 2.05) is 6.92 Å². The molecule has 0 spiro atoms. The molecule has 0 bridgehead atoms. The van der Waals surface area contributed by atoms with Crippen LogP contribution in [0.3, 0.4) is 0 Å². The normalized spacial score (nSPS) is 26.0. The molecule has 1 aromatic heterocycles. The number of nitro groups is 1. The second kappa shape index (κ2) is 10.5. The van der Waals surface area contributed by atoms with Gasteiger partial charge in [-0.15, -0.1) is 0 Å². The van der Waals surface area contributed by atoms with Gasteiger partial charge in [-0.3, -0.25) is 10.1 Å². The molecule has 2 aliphatic rings. The average molecular weight is 491 g/mol. The molecule has 0 amide bonds. The van der Waals surface area contributed by atoms with Crippen LogP contribution in [0.5, 0.6) is 0 Å². The van der Waals surface area contributed by atoms with E-state index < -0.39 is 46.7 Å². The highest BCUT2D eigenvalue weighted by Gasteiger charge is 2.55. The quantitative estimate of drug-likeness (QED) is 0.129. The van der Waals surface area contributed by atoms with E-state index in [1.165, 1.54) is 11.8 Å². The maximum Gasteiger partial charge on any atom is 0.348 e. The van der Waals surface area contributed by atoms with E-state index >= 15 is 0 Å². The zero-order valence-electron chi connectivity index (χ0n) is 18.3. The summed E-state index contributed by atoms with van der Waals surface area (Å²) in [6.07, 6.45) is -0.160. The summed E-state index contributed by atoms with van der Waals surface area (Å²) in [4.78, 5) is 31.1. The number of rotatable bonds is 10. The molecule has 1 aromatic rings. The minimum atomic E-state index is -0.876. The summed E-state index contributed by atoms with van der Waals surface area (Å²) in [7, 11) is 0. The highest BCUT2D eigenvalue weighted by atomic mass is 35.5. The Kier molecular flexibility index (Phi) is 8.15. The van der Waals surface area contributed by atoms with Crippen molar-refractivity contribution in [3.8, 4) is 0 Å². The lowest BCUT2D eigenvalue weighted by Crippen LogP contribution is -2.35. The van der Waals surface area contributed by atoms with Crippen molar-refractivity contribution in [3.05, 3.63) is 15.3 Å². The Morgan fingerprint density at radius 3 is 2.72 bits per heavy atom. The summed E-state index contributed by atoms with van der Waals surface area (Å²) >= 11 is 7.48. The standard InChI is InChI=1S/C19H27ClN4O7S/c1-5-7-32-18-22-16(20)13(24(26)27)17(23-18)21-10-8-11(29-9-12(25)28-6-2)15-14(10)30-19(3,4)31-15/h10-11,14-15H,5-9H2,1-4H3,(H,21,22,23)/t10?,11-,14-,15+/m0/s1. The fraction of sp³-hybridized carbons (Fsp3) is 0.737. The third-order valence-electron chi connectivity index (χ3n) is 4.89. The Balaban J connectivity index is 1.83. The first kappa shape index (κ1) is 24.9. The van der Waals surface area contributed by atoms with Crippen molar-refractivity contribution < 1.29 is 28.7 Å². The number of carbonyl (C=O) groups is 1. The van der Waals surface area contributed by atoms with Gasteiger partial charge in [-0.05, 0) is 33.6 Å². The topological polar surface area (TPSA) is 135 Å². The zero-order valence-corrected chi connectivity index (χ0v) is 19.9. The number of nitrogens with one attached hydrogen (secondary N) is 1. The van der Waals surface area contributed by atoms with E-state index in [1.54, 1.807) is 20.8 Å². The number of thioether (sulfide) groups is 1. The molecule has 1 aliphatic heterocycles. The number of hydrogen-bond acceptors (Lipinski definition) is 11. The van der Waals surface area contributed by atoms with Crippen molar-refractivity contribution in [1.29, 1.82) is 0 Å². The molecule has 178 valence electrons. The number of hydrogen-bond donors (Lipinski definition) is 1. The lowest BCUT2D eigenvalue weighted by atomic mass is 10.2. The summed E-state index contributed by atoms with van der Waals surface area (Å²) < 4.78 is 22.7. The minimum Gasteiger partial charge on any atom is -0.464 e. The summed E-state index contributed by atoms with van der Waals surface area (Å²) in [5, 5.41) is 14.9. The molecule has 13 heteroatoms. The minimum absolute atomic E-state index is 0.0108. The van der Waals surface area contributed by atoms with Crippen LogP contribution < -0.4 is 5.32 Å². The van der Waals surface area contributed by atoms with Gasteiger partial charge in [0.1, 0.15) is 18.8 Å². The summed E-state index contributed by atoms with van der Waals surface area (Å²) in [5.74, 6) is -0.596. The number of ether oxygens (including phenoxy) is 4. The molecular weight excluding hydrogens is 464 g/mol. The first-order chi connectivity index (χ1) is 15.1. The van der Waals surface area contributed by atoms with E-state index in [-0.39, 0.29) is 24.2 Å². The average Bonchev–Trinajstić information content (AvgIpc) is 3.18. The van der Waals surface area contributed by atoms with Crippen molar-refractivity contribution >= 4 is 40.8 Å². The number of nitrogens with zero attached hydrogens (tertiary/aromatic N) is 3. The predicted molar refractivity (Wildman–Crippen MR) is 117 cm³/mol. The van der Waals surface area contributed by atoms with Gasteiger partial charge in [-0.25, -0.2) is 9.78 Å². The Hall–Kier alpha value is -1.73. The number of esters is 1.